The third-order valence-corrected chi connectivity index (χ3v) is 11.8. The van der Waals surface area contributed by atoms with Crippen molar-refractivity contribution in [3.05, 3.63) is 0 Å². The maximum absolute atomic E-state index is 12.8. The molecule has 0 radical (unpaired) electrons. The van der Waals surface area contributed by atoms with E-state index in [-0.39, 0.29) is 24.6 Å². The molecule has 1 aliphatic heterocycles. The third kappa shape index (κ3) is 29.8. The van der Waals surface area contributed by atoms with Crippen LogP contribution in [0, 0.1) is 0 Å². The van der Waals surface area contributed by atoms with Gasteiger partial charge in [-0.2, -0.15) is 0 Å². The molecule has 0 aromatic rings. The highest BCUT2D eigenvalue weighted by Crippen LogP contribution is 2.29. The number of hydrogen-bond donors (Lipinski definition) is 1. The number of hydrogen-bond acceptors (Lipinski definition) is 6. The monoisotopic (exact) mass is 750 g/mol. The number of carbonyl (C=O) groups excluding carboxylic acids is 2. The van der Waals surface area contributed by atoms with Crippen LogP contribution in [0.3, 0.4) is 0 Å². The average molecular weight is 750 g/mol. The molecule has 0 bridgehead atoms. The molecule has 1 fully saturated rings. The van der Waals surface area contributed by atoms with Gasteiger partial charge in [0.25, 0.3) is 0 Å². The number of carbonyl (C=O) groups is 2. The van der Waals surface area contributed by atoms with Gasteiger partial charge < -0.3 is 14.6 Å². The van der Waals surface area contributed by atoms with Crippen molar-refractivity contribution in [1.29, 1.82) is 0 Å². The summed E-state index contributed by atoms with van der Waals surface area (Å²) in [5.74, 6) is -0.0176. The summed E-state index contributed by atoms with van der Waals surface area (Å²) >= 11 is 0. The second-order valence-electron chi connectivity index (χ2n) is 16.7. The minimum absolute atomic E-state index is 0.0169. The molecule has 0 aromatic carbocycles. The van der Waals surface area contributed by atoms with Crippen molar-refractivity contribution in [2.45, 2.75) is 270 Å². The Morgan fingerprint density at radius 3 is 1.49 bits per heavy atom. The predicted octanol–water partition coefficient (Wildman–Crippen LogP) is 13.6. The Labute approximate surface area is 330 Å². The van der Waals surface area contributed by atoms with Crippen LogP contribution < -0.4 is 0 Å². The van der Waals surface area contributed by atoms with Crippen molar-refractivity contribution in [2.24, 2.45) is 0 Å². The molecule has 0 spiro atoms. The van der Waals surface area contributed by atoms with Crippen molar-refractivity contribution in [2.75, 3.05) is 19.8 Å². The molecule has 0 aliphatic carbocycles. The topological polar surface area (TPSA) is 76.1 Å². The molecule has 1 heterocycles. The molecule has 0 saturated carbocycles. The maximum atomic E-state index is 12.8. The molecule has 53 heavy (non-hydrogen) atoms. The van der Waals surface area contributed by atoms with E-state index in [1.807, 2.05) is 0 Å². The number of rotatable bonds is 39. The molecular weight excluding hydrogens is 659 g/mol. The fourth-order valence-corrected chi connectivity index (χ4v) is 8.45. The van der Waals surface area contributed by atoms with Crippen LogP contribution in [0.15, 0.2) is 0 Å². The smallest absolute Gasteiger partial charge is 0.306 e. The highest BCUT2D eigenvalue weighted by Gasteiger charge is 2.29. The first-order valence-corrected chi connectivity index (χ1v) is 23.8. The molecule has 0 aromatic heterocycles. The number of β-amino-alcohol motifs (C(OH)–C–C–N with tert-alkyl or cyclic N) is 1. The van der Waals surface area contributed by atoms with Crippen LogP contribution in [0.5, 0.6) is 0 Å². The minimum Gasteiger partial charge on any atom is -0.466 e. The van der Waals surface area contributed by atoms with Crippen LogP contribution >= 0.6 is 0 Å². The Hall–Kier alpha value is -1.14. The van der Waals surface area contributed by atoms with Gasteiger partial charge in [-0.1, -0.05) is 168 Å². The Kier molecular flexibility index (Phi) is 35.5. The second kappa shape index (κ2) is 37.8. The van der Waals surface area contributed by atoms with E-state index in [0.717, 1.165) is 64.3 Å². The number of piperidine rings is 1. The van der Waals surface area contributed by atoms with Crippen molar-refractivity contribution >= 4 is 11.9 Å². The van der Waals surface area contributed by atoms with Crippen LogP contribution in [0.1, 0.15) is 252 Å². The van der Waals surface area contributed by atoms with E-state index >= 15 is 0 Å². The van der Waals surface area contributed by atoms with E-state index in [9.17, 15) is 14.7 Å². The number of nitrogens with zero attached hydrogens (tertiary/aromatic N) is 1. The summed E-state index contributed by atoms with van der Waals surface area (Å²) in [6.07, 6.45) is 42.3. The Bertz CT molecular complexity index is 790. The van der Waals surface area contributed by atoms with Gasteiger partial charge in [0.15, 0.2) is 0 Å². The normalized spacial score (nSPS) is 16.4. The zero-order valence-electron chi connectivity index (χ0n) is 35.8. The summed E-state index contributed by atoms with van der Waals surface area (Å²) in [6, 6.07) is 1.05. The van der Waals surface area contributed by atoms with Gasteiger partial charge in [0.1, 0.15) is 6.10 Å². The first-order chi connectivity index (χ1) is 26.0. The number of aliphatic hydroxyl groups is 1. The standard InChI is InChI=1S/C47H91NO5/c1-4-7-10-13-16-17-18-23-30-42-52-46(50)38-29-28-33-44-35-31-34-43(48(44)40-41-49)32-24-21-22-27-39-47(51)53-45(36-25-19-14-11-8-5-2)37-26-20-15-12-9-6-3/h43-45,49H,4-42H2,1-3H3. The summed E-state index contributed by atoms with van der Waals surface area (Å²) in [7, 11) is 0. The fourth-order valence-electron chi connectivity index (χ4n) is 8.45. The zero-order chi connectivity index (χ0) is 38.5. The minimum atomic E-state index is -0.0345. The summed E-state index contributed by atoms with van der Waals surface area (Å²) in [5, 5.41) is 9.88. The van der Waals surface area contributed by atoms with Crippen LogP contribution in [0.4, 0.5) is 0 Å². The molecule has 6 heteroatoms. The Balaban J connectivity index is 2.25. The van der Waals surface area contributed by atoms with Crippen molar-refractivity contribution in [3.63, 3.8) is 0 Å². The lowest BCUT2D eigenvalue weighted by Gasteiger charge is -2.42. The lowest BCUT2D eigenvalue weighted by atomic mass is 9.89. The number of esters is 2. The van der Waals surface area contributed by atoms with E-state index in [0.29, 0.717) is 31.5 Å². The molecule has 1 N–H and O–H groups in total. The molecule has 1 saturated heterocycles. The largest absolute Gasteiger partial charge is 0.466 e. The lowest BCUT2D eigenvalue weighted by molar-refractivity contribution is -0.150. The summed E-state index contributed by atoms with van der Waals surface area (Å²) in [5.41, 5.74) is 0. The average Bonchev–Trinajstić information content (AvgIpc) is 3.15. The summed E-state index contributed by atoms with van der Waals surface area (Å²) < 4.78 is 11.6. The highest BCUT2D eigenvalue weighted by atomic mass is 16.5. The van der Waals surface area contributed by atoms with Gasteiger partial charge in [-0.15, -0.1) is 0 Å². The van der Waals surface area contributed by atoms with Gasteiger partial charge in [0.05, 0.1) is 13.2 Å². The van der Waals surface area contributed by atoms with E-state index in [1.165, 1.54) is 161 Å². The molecule has 6 nitrogen and oxygen atoms in total. The quantitative estimate of drug-likeness (QED) is 0.0498. The molecular formula is C47H91NO5. The van der Waals surface area contributed by atoms with Crippen molar-refractivity contribution < 1.29 is 24.2 Å². The van der Waals surface area contributed by atoms with E-state index in [1.54, 1.807) is 0 Å². The SMILES string of the molecule is CCCCCCCCCCCOC(=O)CCCCC1CCCC(CCCCCCC(=O)OC(CCCCCCCC)CCCCCCCC)N1CCO. The van der Waals surface area contributed by atoms with E-state index < -0.39 is 0 Å². The Morgan fingerprint density at radius 2 is 0.962 bits per heavy atom. The molecule has 1 aliphatic rings. The van der Waals surface area contributed by atoms with E-state index in [4.69, 9.17) is 9.47 Å². The van der Waals surface area contributed by atoms with Gasteiger partial charge in [-0.05, 0) is 70.6 Å². The molecule has 2 unspecified atom stereocenters. The Morgan fingerprint density at radius 1 is 0.547 bits per heavy atom. The zero-order valence-corrected chi connectivity index (χ0v) is 35.8. The van der Waals surface area contributed by atoms with Crippen LogP contribution in [0.25, 0.3) is 0 Å². The van der Waals surface area contributed by atoms with Crippen molar-refractivity contribution in [3.8, 4) is 0 Å². The predicted molar refractivity (Wildman–Crippen MR) is 225 cm³/mol. The molecule has 314 valence electrons. The fraction of sp³-hybridized carbons (Fsp3) is 0.957. The first-order valence-electron chi connectivity index (χ1n) is 23.8. The summed E-state index contributed by atoms with van der Waals surface area (Å²) in [6.45, 7) is 8.32. The maximum Gasteiger partial charge on any atom is 0.306 e. The number of unbranched alkanes of at least 4 members (excludes halogenated alkanes) is 22. The van der Waals surface area contributed by atoms with Crippen LogP contribution in [0.2, 0.25) is 0 Å². The van der Waals surface area contributed by atoms with Gasteiger partial charge in [-0.25, -0.2) is 0 Å². The number of ether oxygens (including phenoxy) is 2. The van der Waals surface area contributed by atoms with Gasteiger partial charge in [0, 0.05) is 31.5 Å². The van der Waals surface area contributed by atoms with Crippen molar-refractivity contribution in [1.82, 2.24) is 4.90 Å². The van der Waals surface area contributed by atoms with Crippen LogP contribution in [-0.2, 0) is 19.1 Å². The lowest BCUT2D eigenvalue weighted by Crippen LogP contribution is -2.47. The van der Waals surface area contributed by atoms with Gasteiger partial charge in [0.2, 0.25) is 0 Å². The highest BCUT2D eigenvalue weighted by molar-refractivity contribution is 5.69. The third-order valence-electron chi connectivity index (χ3n) is 11.8. The number of likely N-dealkylation sites (tertiary alicyclic amines) is 1. The number of aliphatic hydroxyl groups excluding tert-OH is 1. The summed E-state index contributed by atoms with van der Waals surface area (Å²) in [4.78, 5) is 27.7. The van der Waals surface area contributed by atoms with Crippen LogP contribution in [-0.4, -0.2) is 59.9 Å². The van der Waals surface area contributed by atoms with E-state index in [2.05, 4.69) is 25.7 Å². The second-order valence-corrected chi connectivity index (χ2v) is 16.7. The van der Waals surface area contributed by atoms with Gasteiger partial charge >= 0.3 is 11.9 Å². The molecule has 0 amide bonds. The molecule has 1 rings (SSSR count). The first kappa shape index (κ1) is 49.9. The molecule has 2 atom stereocenters. The van der Waals surface area contributed by atoms with Gasteiger partial charge in [-0.3, -0.25) is 14.5 Å².